The molecule has 0 spiro atoms. The van der Waals surface area contributed by atoms with Gasteiger partial charge < -0.3 is 0 Å². The van der Waals surface area contributed by atoms with Crippen LogP contribution in [-0.2, 0) is 0 Å². The first-order chi connectivity index (χ1) is 11.9. The molecule has 3 aliphatic rings. The molecule has 5 nitrogen and oxygen atoms in total. The summed E-state index contributed by atoms with van der Waals surface area (Å²) >= 11 is 0. The zero-order valence-electron chi connectivity index (χ0n) is 15.6. The van der Waals surface area contributed by atoms with Crippen LogP contribution in [-0.4, -0.2) is 21.2 Å². The largest absolute Gasteiger partial charge is 0.269 e. The molecule has 0 radical (unpaired) electrons. The van der Waals surface area contributed by atoms with Gasteiger partial charge in [0.15, 0.2) is 6.04 Å². The lowest BCUT2D eigenvalue weighted by atomic mass is 9.63. The summed E-state index contributed by atoms with van der Waals surface area (Å²) in [6.07, 6.45) is 3.98. The van der Waals surface area contributed by atoms with Gasteiger partial charge in [0.05, 0.1) is 10.8 Å². The van der Waals surface area contributed by atoms with Crippen LogP contribution in [0.3, 0.4) is 0 Å². The van der Waals surface area contributed by atoms with Crippen molar-refractivity contribution in [3.05, 3.63) is 34.4 Å². The maximum absolute atomic E-state index is 11.0. The van der Waals surface area contributed by atoms with E-state index < -0.39 is 0 Å². The summed E-state index contributed by atoms with van der Waals surface area (Å²) in [5, 5.41) is 16.3. The molecule has 1 aliphatic heterocycles. The molecule has 0 unspecified atom stereocenters. The van der Waals surface area contributed by atoms with Crippen LogP contribution in [0.4, 0.5) is 11.4 Å². The maximum atomic E-state index is 11.0. The van der Waals surface area contributed by atoms with Crippen molar-refractivity contribution in [2.75, 3.05) is 0 Å². The van der Waals surface area contributed by atoms with Crippen LogP contribution in [0.5, 0.6) is 0 Å². The third-order valence-corrected chi connectivity index (χ3v) is 7.14. The number of non-ortho nitro benzene ring substituents is 1. The van der Waals surface area contributed by atoms with Crippen molar-refractivity contribution in [2.24, 2.45) is 34.7 Å². The monoisotopic (exact) mass is 342 g/mol. The first-order valence-electron chi connectivity index (χ1n) is 9.62. The van der Waals surface area contributed by atoms with E-state index in [4.69, 9.17) is 5.11 Å². The van der Waals surface area contributed by atoms with Crippen molar-refractivity contribution in [3.8, 4) is 0 Å². The van der Waals surface area contributed by atoms with E-state index in [0.29, 0.717) is 29.7 Å². The first kappa shape index (κ1) is 16.7. The van der Waals surface area contributed by atoms with E-state index in [2.05, 4.69) is 32.4 Å². The topological polar surface area (TPSA) is 58.5 Å². The molecule has 0 N–H and O–H groups in total. The second-order valence-corrected chi connectivity index (χ2v) is 8.76. The molecule has 1 aromatic rings. The molecule has 1 heterocycles. The van der Waals surface area contributed by atoms with Crippen LogP contribution in [0.15, 0.2) is 29.4 Å². The van der Waals surface area contributed by atoms with Gasteiger partial charge in [0.25, 0.3) is 5.69 Å². The van der Waals surface area contributed by atoms with Crippen molar-refractivity contribution in [1.82, 2.24) is 0 Å². The molecule has 0 amide bonds. The average molecular weight is 342 g/mol. The lowest BCUT2D eigenvalue weighted by molar-refractivity contribution is -0.550. The van der Waals surface area contributed by atoms with Crippen LogP contribution < -0.4 is 0 Å². The zero-order valence-corrected chi connectivity index (χ0v) is 15.6. The zero-order chi connectivity index (χ0) is 17.9. The second kappa shape index (κ2) is 5.61. The minimum absolute atomic E-state index is 0.0215. The summed E-state index contributed by atoms with van der Waals surface area (Å²) in [7, 11) is 0. The Hall–Kier alpha value is -1.78. The van der Waals surface area contributed by atoms with E-state index in [9.17, 15) is 10.1 Å². The highest BCUT2D eigenvalue weighted by molar-refractivity contribution is 5.40. The quantitative estimate of drug-likeness (QED) is 0.430. The standard InChI is InChI=1S/C20H28N3O2/c1-12(2)20(13(3)4)18-14-5-6-15(11-14)19(18)22(21-20)16-7-9-17(10-8-16)23(24)25/h7-10,12-15,18-19H,5-6,11H2,1-4H3/q+1/t14-,15+,18+,19-/m1/s1. The Morgan fingerprint density at radius 1 is 1.12 bits per heavy atom. The van der Waals surface area contributed by atoms with Crippen LogP contribution in [0.25, 0.3) is 0 Å². The van der Waals surface area contributed by atoms with Crippen molar-refractivity contribution < 1.29 is 9.62 Å². The van der Waals surface area contributed by atoms with E-state index >= 15 is 0 Å². The summed E-state index contributed by atoms with van der Waals surface area (Å²) in [5.41, 5.74) is 1.13. The molecule has 2 fully saturated rings. The van der Waals surface area contributed by atoms with E-state index in [0.717, 1.165) is 11.6 Å². The molecule has 0 saturated heterocycles. The summed E-state index contributed by atoms with van der Waals surface area (Å²) in [4.78, 5) is 10.6. The lowest BCUT2D eigenvalue weighted by Crippen LogP contribution is -2.49. The Bertz CT molecular complexity index is 715. The molecule has 4 rings (SSSR count). The number of nitro groups is 1. The lowest BCUT2D eigenvalue weighted by Gasteiger charge is -2.39. The van der Waals surface area contributed by atoms with E-state index in [1.807, 2.05) is 12.1 Å². The smallest absolute Gasteiger partial charge is 0.258 e. The number of benzene rings is 1. The summed E-state index contributed by atoms with van der Waals surface area (Å²) < 4.78 is 2.25. The van der Waals surface area contributed by atoms with E-state index in [-0.39, 0.29) is 16.1 Å². The molecule has 4 atom stereocenters. The predicted octanol–water partition coefficient (Wildman–Crippen LogP) is 5.17. The normalized spacial score (nSPS) is 32.3. The van der Waals surface area contributed by atoms with Crippen LogP contribution >= 0.6 is 0 Å². The Labute approximate surface area is 149 Å². The predicted molar refractivity (Wildman–Crippen MR) is 96.0 cm³/mol. The van der Waals surface area contributed by atoms with Gasteiger partial charge in [-0.3, -0.25) is 10.1 Å². The van der Waals surface area contributed by atoms with Crippen LogP contribution in [0.1, 0.15) is 47.0 Å². The summed E-state index contributed by atoms with van der Waals surface area (Å²) in [6.45, 7) is 9.25. The van der Waals surface area contributed by atoms with Gasteiger partial charge >= 0.3 is 0 Å². The molecular formula is C20H28N3O2+. The van der Waals surface area contributed by atoms with Crippen molar-refractivity contribution >= 4 is 11.4 Å². The fourth-order valence-corrected chi connectivity index (χ4v) is 6.21. The molecule has 25 heavy (non-hydrogen) atoms. The highest BCUT2D eigenvalue weighted by Gasteiger charge is 2.69. The van der Waals surface area contributed by atoms with Crippen molar-refractivity contribution in [3.63, 3.8) is 0 Å². The number of hydrogen-bond donors (Lipinski definition) is 0. The molecule has 2 aliphatic carbocycles. The van der Waals surface area contributed by atoms with Crippen molar-refractivity contribution in [1.29, 1.82) is 0 Å². The average Bonchev–Trinajstić information content (AvgIpc) is 3.26. The molecule has 2 saturated carbocycles. The number of hydrogen-bond acceptors (Lipinski definition) is 3. The molecule has 1 aromatic carbocycles. The highest BCUT2D eigenvalue weighted by Crippen LogP contribution is 2.61. The fraction of sp³-hybridized carbons (Fsp3) is 0.700. The third-order valence-electron chi connectivity index (χ3n) is 7.14. The SMILES string of the molecule is CC(C)C1(C(C)C)N=[N+](c2ccc([N+](=O)[O-])cc2)[C@@H]2[C@H]3CC[C@H](C3)[C@@H]21. The van der Waals surface area contributed by atoms with Crippen LogP contribution in [0, 0.1) is 39.7 Å². The Balaban J connectivity index is 1.82. The molecule has 0 aromatic heterocycles. The minimum Gasteiger partial charge on any atom is -0.258 e. The van der Waals surface area contributed by atoms with Gasteiger partial charge in [-0.2, -0.15) is 0 Å². The number of fused-ring (bicyclic) bond motifs is 5. The Kier molecular flexibility index (Phi) is 3.74. The van der Waals surface area contributed by atoms with Gasteiger partial charge in [-0.25, -0.2) is 0 Å². The first-order valence-corrected chi connectivity index (χ1v) is 9.62. The molecule has 134 valence electrons. The van der Waals surface area contributed by atoms with Gasteiger partial charge in [-0.1, -0.05) is 32.4 Å². The Morgan fingerprint density at radius 3 is 2.28 bits per heavy atom. The molecule has 5 heteroatoms. The third kappa shape index (κ3) is 2.20. The summed E-state index contributed by atoms with van der Waals surface area (Å²) in [5.74, 6) is 3.09. The number of nitrogens with zero attached hydrogens (tertiary/aromatic N) is 3. The number of azo groups is 2. The molecular weight excluding hydrogens is 314 g/mol. The van der Waals surface area contributed by atoms with Gasteiger partial charge in [0, 0.05) is 30.2 Å². The minimum atomic E-state index is -0.336. The Morgan fingerprint density at radius 2 is 1.72 bits per heavy atom. The van der Waals surface area contributed by atoms with E-state index in [1.165, 1.54) is 19.3 Å². The summed E-state index contributed by atoms with van der Waals surface area (Å²) in [6, 6.07) is 7.43. The number of rotatable bonds is 4. The highest BCUT2D eigenvalue weighted by atomic mass is 16.6. The van der Waals surface area contributed by atoms with Gasteiger partial charge in [0.1, 0.15) is 5.54 Å². The van der Waals surface area contributed by atoms with E-state index in [1.54, 1.807) is 12.1 Å². The van der Waals surface area contributed by atoms with Gasteiger partial charge in [-0.15, -0.1) is 0 Å². The fourth-order valence-electron chi connectivity index (χ4n) is 6.21. The maximum Gasteiger partial charge on any atom is 0.269 e. The second-order valence-electron chi connectivity index (χ2n) is 8.76. The number of nitro benzene ring substituents is 1. The van der Waals surface area contributed by atoms with Crippen molar-refractivity contribution in [2.45, 2.75) is 58.5 Å². The van der Waals surface area contributed by atoms with Gasteiger partial charge in [0.2, 0.25) is 5.69 Å². The van der Waals surface area contributed by atoms with Gasteiger partial charge in [-0.05, 0) is 42.1 Å². The van der Waals surface area contributed by atoms with Crippen LogP contribution in [0.2, 0.25) is 0 Å². The molecule has 2 bridgehead atoms.